The van der Waals surface area contributed by atoms with Gasteiger partial charge in [-0.05, 0) is 29.7 Å². The van der Waals surface area contributed by atoms with E-state index in [1.165, 1.54) is 4.68 Å². The number of fused-ring (bicyclic) bond motifs is 1. The first-order chi connectivity index (χ1) is 16.7. The smallest absolute Gasteiger partial charge is 0.280 e. The third kappa shape index (κ3) is 4.49. The standard InChI is InChI=1S/C29H31N3O3/c1-5-23(29(35,20-14-8-6-9-15-20)21-16-10-7-11-17-21)25-30-24-19-13-12-18-22(24)26(33)32(25)31-27(34)28(2,3)4/h6-19,23,35H,5H2,1-4H3,(H,31,34). The fourth-order valence-corrected chi connectivity index (χ4v) is 4.38. The van der Waals surface area contributed by atoms with Crippen LogP contribution in [0.1, 0.15) is 57.0 Å². The molecule has 1 atom stereocenters. The van der Waals surface area contributed by atoms with Crippen LogP contribution in [0.25, 0.3) is 10.9 Å². The fraction of sp³-hybridized carbons (Fsp3) is 0.276. The van der Waals surface area contributed by atoms with E-state index in [2.05, 4.69) is 5.43 Å². The van der Waals surface area contributed by atoms with E-state index in [9.17, 15) is 14.7 Å². The number of benzene rings is 3. The molecule has 6 heteroatoms. The maximum Gasteiger partial charge on any atom is 0.280 e. The van der Waals surface area contributed by atoms with E-state index in [1.807, 2.05) is 73.7 Å². The largest absolute Gasteiger partial charge is 0.380 e. The molecule has 0 saturated carbocycles. The lowest BCUT2D eigenvalue weighted by atomic mass is 9.74. The molecule has 0 aliphatic heterocycles. The van der Waals surface area contributed by atoms with Crippen molar-refractivity contribution in [3.63, 3.8) is 0 Å². The van der Waals surface area contributed by atoms with Gasteiger partial charge in [-0.25, -0.2) is 9.66 Å². The van der Waals surface area contributed by atoms with Gasteiger partial charge in [0.25, 0.3) is 5.56 Å². The van der Waals surface area contributed by atoms with Crippen molar-refractivity contribution in [2.75, 3.05) is 5.43 Å². The Morgan fingerprint density at radius 2 is 1.43 bits per heavy atom. The number of rotatable bonds is 6. The van der Waals surface area contributed by atoms with Crippen LogP contribution in [0.15, 0.2) is 89.7 Å². The number of carbonyl (C=O) groups is 1. The van der Waals surface area contributed by atoms with E-state index in [-0.39, 0.29) is 11.5 Å². The molecule has 0 spiro atoms. The summed E-state index contributed by atoms with van der Waals surface area (Å²) in [6.07, 6.45) is 0.455. The van der Waals surface area contributed by atoms with Gasteiger partial charge in [-0.3, -0.25) is 15.0 Å². The third-order valence-electron chi connectivity index (χ3n) is 6.35. The molecule has 180 valence electrons. The molecule has 35 heavy (non-hydrogen) atoms. The highest BCUT2D eigenvalue weighted by Crippen LogP contribution is 2.43. The Labute approximate surface area is 205 Å². The van der Waals surface area contributed by atoms with Crippen molar-refractivity contribution in [2.24, 2.45) is 5.41 Å². The number of nitrogens with one attached hydrogen (secondary N) is 1. The van der Waals surface area contributed by atoms with Gasteiger partial charge in [-0.2, -0.15) is 0 Å². The highest BCUT2D eigenvalue weighted by atomic mass is 16.3. The van der Waals surface area contributed by atoms with E-state index in [1.54, 1.807) is 39.0 Å². The van der Waals surface area contributed by atoms with Gasteiger partial charge in [0.15, 0.2) is 0 Å². The monoisotopic (exact) mass is 469 g/mol. The number of hydrogen-bond acceptors (Lipinski definition) is 4. The number of aromatic nitrogens is 2. The summed E-state index contributed by atoms with van der Waals surface area (Å²) in [6.45, 7) is 7.29. The first-order valence-electron chi connectivity index (χ1n) is 11.8. The maximum absolute atomic E-state index is 13.7. The number of hydrogen-bond donors (Lipinski definition) is 2. The zero-order chi connectivity index (χ0) is 25.2. The van der Waals surface area contributed by atoms with Crippen LogP contribution in [0.4, 0.5) is 0 Å². The van der Waals surface area contributed by atoms with Crippen LogP contribution in [0.5, 0.6) is 0 Å². The van der Waals surface area contributed by atoms with E-state index < -0.39 is 16.9 Å². The van der Waals surface area contributed by atoms with Gasteiger partial charge >= 0.3 is 0 Å². The van der Waals surface area contributed by atoms with Crippen molar-refractivity contribution in [1.82, 2.24) is 9.66 Å². The molecule has 1 unspecified atom stereocenters. The lowest BCUT2D eigenvalue weighted by Gasteiger charge is -2.37. The van der Waals surface area contributed by atoms with Crippen molar-refractivity contribution in [3.8, 4) is 0 Å². The summed E-state index contributed by atoms with van der Waals surface area (Å²) in [7, 11) is 0. The molecular weight excluding hydrogens is 438 g/mol. The molecule has 0 fully saturated rings. The summed E-state index contributed by atoms with van der Waals surface area (Å²) >= 11 is 0. The molecule has 0 aliphatic rings. The number of carbonyl (C=O) groups excluding carboxylic acids is 1. The van der Waals surface area contributed by atoms with Crippen molar-refractivity contribution in [3.05, 3.63) is 112 Å². The van der Waals surface area contributed by atoms with Crippen molar-refractivity contribution in [1.29, 1.82) is 0 Å². The van der Waals surface area contributed by atoms with Crippen LogP contribution >= 0.6 is 0 Å². The molecule has 1 amide bonds. The van der Waals surface area contributed by atoms with Crippen LogP contribution < -0.4 is 11.0 Å². The number of para-hydroxylation sites is 1. The van der Waals surface area contributed by atoms with E-state index >= 15 is 0 Å². The zero-order valence-corrected chi connectivity index (χ0v) is 20.5. The van der Waals surface area contributed by atoms with Crippen LogP contribution in [0.2, 0.25) is 0 Å². The van der Waals surface area contributed by atoms with Crippen LogP contribution in [0, 0.1) is 5.41 Å². The summed E-state index contributed by atoms with van der Waals surface area (Å²) in [5, 5.41) is 12.9. The maximum atomic E-state index is 13.7. The lowest BCUT2D eigenvalue weighted by Crippen LogP contribution is -2.45. The van der Waals surface area contributed by atoms with Crippen LogP contribution in [-0.4, -0.2) is 20.7 Å². The van der Waals surface area contributed by atoms with Gasteiger partial charge in [-0.15, -0.1) is 0 Å². The first kappa shape index (κ1) is 24.4. The number of aliphatic hydroxyl groups is 1. The Kier molecular flexibility index (Phi) is 6.59. The van der Waals surface area contributed by atoms with Gasteiger partial charge in [0.2, 0.25) is 5.91 Å². The summed E-state index contributed by atoms with van der Waals surface area (Å²) in [4.78, 5) is 31.5. The normalized spacial score (nSPS) is 12.9. The highest BCUT2D eigenvalue weighted by Gasteiger charge is 2.43. The summed E-state index contributed by atoms with van der Waals surface area (Å²) < 4.78 is 1.22. The van der Waals surface area contributed by atoms with Crippen LogP contribution in [-0.2, 0) is 10.4 Å². The minimum atomic E-state index is -1.51. The quantitative estimate of drug-likeness (QED) is 0.419. The molecule has 4 aromatic rings. The molecule has 0 radical (unpaired) electrons. The highest BCUT2D eigenvalue weighted by molar-refractivity contribution is 5.89. The van der Waals surface area contributed by atoms with Gasteiger partial charge < -0.3 is 5.11 Å². The molecule has 2 N–H and O–H groups in total. The topological polar surface area (TPSA) is 84.2 Å². The summed E-state index contributed by atoms with van der Waals surface area (Å²) in [6, 6.07) is 25.8. The molecule has 1 aromatic heterocycles. The zero-order valence-electron chi connectivity index (χ0n) is 20.5. The van der Waals surface area contributed by atoms with E-state index in [0.29, 0.717) is 34.3 Å². The molecule has 6 nitrogen and oxygen atoms in total. The SMILES string of the molecule is CCC(c1nc2ccccc2c(=O)n1NC(=O)C(C)(C)C)C(O)(c1ccccc1)c1ccccc1. The minimum Gasteiger partial charge on any atom is -0.380 e. The molecule has 4 rings (SSSR count). The fourth-order valence-electron chi connectivity index (χ4n) is 4.38. The van der Waals surface area contributed by atoms with Gasteiger partial charge in [0, 0.05) is 5.41 Å². The van der Waals surface area contributed by atoms with E-state index in [4.69, 9.17) is 4.98 Å². The Morgan fingerprint density at radius 1 is 0.914 bits per heavy atom. The molecule has 0 aliphatic carbocycles. The second-order valence-corrected chi connectivity index (χ2v) is 9.78. The average Bonchev–Trinajstić information content (AvgIpc) is 2.87. The second kappa shape index (κ2) is 9.47. The Morgan fingerprint density at radius 3 is 1.94 bits per heavy atom. The van der Waals surface area contributed by atoms with Crippen molar-refractivity contribution >= 4 is 16.8 Å². The Bertz CT molecular complexity index is 1350. The molecular formula is C29H31N3O3. The summed E-state index contributed by atoms with van der Waals surface area (Å²) in [5.41, 5.74) is 2.02. The molecule has 1 heterocycles. The Balaban J connectivity index is 2.03. The van der Waals surface area contributed by atoms with Gasteiger partial charge in [0.05, 0.1) is 16.8 Å². The third-order valence-corrected chi connectivity index (χ3v) is 6.35. The number of amides is 1. The predicted octanol–water partition coefficient (Wildman–Crippen LogP) is 4.94. The lowest BCUT2D eigenvalue weighted by molar-refractivity contribution is -0.124. The van der Waals surface area contributed by atoms with Crippen molar-refractivity contribution < 1.29 is 9.90 Å². The number of nitrogens with zero attached hydrogens (tertiary/aromatic N) is 2. The first-order valence-corrected chi connectivity index (χ1v) is 11.8. The predicted molar refractivity (Wildman–Crippen MR) is 139 cm³/mol. The molecule has 3 aromatic carbocycles. The summed E-state index contributed by atoms with van der Waals surface area (Å²) in [5.74, 6) is -0.676. The van der Waals surface area contributed by atoms with Crippen molar-refractivity contribution in [2.45, 2.75) is 45.6 Å². The second-order valence-electron chi connectivity index (χ2n) is 9.78. The molecule has 0 bridgehead atoms. The average molecular weight is 470 g/mol. The minimum absolute atomic E-state index is 0.295. The van der Waals surface area contributed by atoms with Gasteiger partial charge in [0.1, 0.15) is 11.4 Å². The molecule has 0 saturated heterocycles. The van der Waals surface area contributed by atoms with E-state index in [0.717, 1.165) is 0 Å². The Hall–Kier alpha value is -3.77. The van der Waals surface area contributed by atoms with Crippen LogP contribution in [0.3, 0.4) is 0 Å². The van der Waals surface area contributed by atoms with Gasteiger partial charge in [-0.1, -0.05) is 100 Å².